The Balaban J connectivity index is 1.78. The quantitative estimate of drug-likeness (QED) is 0.718. The normalized spacial score (nSPS) is 26.9. The van der Waals surface area contributed by atoms with Gasteiger partial charge >= 0.3 is 6.03 Å². The summed E-state index contributed by atoms with van der Waals surface area (Å²) in [6.45, 7) is 1.44. The summed E-state index contributed by atoms with van der Waals surface area (Å²) in [5, 5.41) is 3.12. The summed E-state index contributed by atoms with van der Waals surface area (Å²) < 4.78 is 0. The SMILES string of the molecule is NOC1CCCN(C(=O)NC2CCCCC2)C1. The molecule has 2 aliphatic rings. The van der Waals surface area contributed by atoms with Crippen molar-refractivity contribution in [3.63, 3.8) is 0 Å². The van der Waals surface area contributed by atoms with Crippen molar-refractivity contribution in [3.05, 3.63) is 0 Å². The number of nitrogens with two attached hydrogens (primary N) is 1. The highest BCUT2D eigenvalue weighted by atomic mass is 16.6. The molecule has 17 heavy (non-hydrogen) atoms. The van der Waals surface area contributed by atoms with E-state index in [0.29, 0.717) is 12.6 Å². The number of nitrogens with zero attached hydrogens (tertiary/aromatic N) is 1. The number of likely N-dealkylation sites (tertiary alicyclic amines) is 1. The third-order valence-corrected chi connectivity index (χ3v) is 3.79. The molecule has 0 aromatic heterocycles. The highest BCUT2D eigenvalue weighted by Gasteiger charge is 2.25. The van der Waals surface area contributed by atoms with Gasteiger partial charge in [0, 0.05) is 12.6 Å². The number of amides is 2. The molecule has 0 spiro atoms. The highest BCUT2D eigenvalue weighted by Crippen LogP contribution is 2.18. The monoisotopic (exact) mass is 241 g/mol. The van der Waals surface area contributed by atoms with Gasteiger partial charge in [-0.15, -0.1) is 0 Å². The van der Waals surface area contributed by atoms with Crippen LogP contribution < -0.4 is 11.2 Å². The molecule has 0 bridgehead atoms. The molecule has 0 aromatic rings. The van der Waals surface area contributed by atoms with Crippen LogP contribution in [0.1, 0.15) is 44.9 Å². The lowest BCUT2D eigenvalue weighted by atomic mass is 9.96. The third-order valence-electron chi connectivity index (χ3n) is 3.79. The number of piperidine rings is 1. The number of carbonyl (C=O) groups excluding carboxylic acids is 1. The lowest BCUT2D eigenvalue weighted by Crippen LogP contribution is -2.51. The van der Waals surface area contributed by atoms with E-state index in [9.17, 15) is 4.79 Å². The molecule has 1 heterocycles. The van der Waals surface area contributed by atoms with Crippen LogP contribution in [-0.2, 0) is 4.84 Å². The van der Waals surface area contributed by atoms with Crippen LogP contribution in [0.4, 0.5) is 4.79 Å². The summed E-state index contributed by atoms with van der Waals surface area (Å²) in [4.78, 5) is 18.7. The van der Waals surface area contributed by atoms with Gasteiger partial charge in [-0.1, -0.05) is 19.3 Å². The fourth-order valence-electron chi connectivity index (χ4n) is 2.75. The van der Waals surface area contributed by atoms with Crippen LogP contribution in [0.25, 0.3) is 0 Å². The van der Waals surface area contributed by atoms with Crippen molar-refractivity contribution in [1.82, 2.24) is 10.2 Å². The minimum atomic E-state index is 0.000792. The Morgan fingerprint density at radius 1 is 1.18 bits per heavy atom. The van der Waals surface area contributed by atoms with Crippen molar-refractivity contribution >= 4 is 6.03 Å². The number of rotatable bonds is 2. The summed E-state index contributed by atoms with van der Waals surface area (Å²) in [6.07, 6.45) is 7.94. The molecule has 1 atom stereocenters. The fourth-order valence-corrected chi connectivity index (χ4v) is 2.75. The van der Waals surface area contributed by atoms with Gasteiger partial charge in [-0.3, -0.25) is 4.84 Å². The van der Waals surface area contributed by atoms with E-state index in [0.717, 1.165) is 32.2 Å². The predicted molar refractivity (Wildman–Crippen MR) is 65.3 cm³/mol. The zero-order valence-corrected chi connectivity index (χ0v) is 10.4. The molecular weight excluding hydrogens is 218 g/mol. The van der Waals surface area contributed by atoms with Crippen molar-refractivity contribution in [2.24, 2.45) is 5.90 Å². The van der Waals surface area contributed by atoms with Crippen molar-refractivity contribution < 1.29 is 9.63 Å². The van der Waals surface area contributed by atoms with E-state index in [2.05, 4.69) is 5.32 Å². The maximum Gasteiger partial charge on any atom is 0.317 e. The maximum absolute atomic E-state index is 12.0. The van der Waals surface area contributed by atoms with Crippen molar-refractivity contribution in [3.8, 4) is 0 Å². The van der Waals surface area contributed by atoms with E-state index in [1.807, 2.05) is 4.90 Å². The molecule has 2 rings (SSSR count). The maximum atomic E-state index is 12.0. The minimum Gasteiger partial charge on any atom is -0.335 e. The number of carbonyl (C=O) groups is 1. The lowest BCUT2D eigenvalue weighted by molar-refractivity contribution is 0.00838. The van der Waals surface area contributed by atoms with Gasteiger partial charge in [0.15, 0.2) is 0 Å². The first kappa shape index (κ1) is 12.6. The number of nitrogens with one attached hydrogen (secondary N) is 1. The van der Waals surface area contributed by atoms with Gasteiger partial charge in [0.25, 0.3) is 0 Å². The standard InChI is InChI=1S/C12H23N3O2/c13-17-11-7-4-8-15(9-11)12(16)14-10-5-2-1-3-6-10/h10-11H,1-9,13H2,(H,14,16). The first-order valence-electron chi connectivity index (χ1n) is 6.70. The largest absolute Gasteiger partial charge is 0.335 e. The van der Waals surface area contributed by atoms with Gasteiger partial charge in [0.05, 0.1) is 12.6 Å². The summed E-state index contributed by atoms with van der Waals surface area (Å²) in [7, 11) is 0. The average molecular weight is 241 g/mol. The molecule has 2 amide bonds. The van der Waals surface area contributed by atoms with Crippen molar-refractivity contribution in [2.75, 3.05) is 13.1 Å². The van der Waals surface area contributed by atoms with Crippen LogP contribution in [0.15, 0.2) is 0 Å². The van der Waals surface area contributed by atoms with Gasteiger partial charge in [-0.25, -0.2) is 10.7 Å². The van der Waals surface area contributed by atoms with Crippen molar-refractivity contribution in [1.29, 1.82) is 0 Å². The lowest BCUT2D eigenvalue weighted by Gasteiger charge is -2.33. The summed E-state index contributed by atoms with van der Waals surface area (Å²) in [5.74, 6) is 5.19. The molecule has 2 fully saturated rings. The van der Waals surface area contributed by atoms with Gasteiger partial charge in [0.1, 0.15) is 0 Å². The van der Waals surface area contributed by atoms with E-state index < -0.39 is 0 Å². The molecule has 0 aromatic carbocycles. The van der Waals surface area contributed by atoms with E-state index in [1.54, 1.807) is 0 Å². The van der Waals surface area contributed by atoms with E-state index in [4.69, 9.17) is 10.7 Å². The first-order chi connectivity index (χ1) is 8.29. The summed E-state index contributed by atoms with van der Waals surface area (Å²) in [6, 6.07) is 0.425. The molecule has 1 aliphatic heterocycles. The zero-order chi connectivity index (χ0) is 12.1. The fraction of sp³-hybridized carbons (Fsp3) is 0.917. The van der Waals surface area contributed by atoms with Gasteiger partial charge in [0.2, 0.25) is 0 Å². The van der Waals surface area contributed by atoms with Gasteiger partial charge in [-0.05, 0) is 25.7 Å². The van der Waals surface area contributed by atoms with Gasteiger partial charge in [-0.2, -0.15) is 0 Å². The van der Waals surface area contributed by atoms with Crippen molar-refractivity contribution in [2.45, 2.75) is 57.1 Å². The van der Waals surface area contributed by atoms with E-state index in [1.165, 1.54) is 19.3 Å². The van der Waals surface area contributed by atoms with Gasteiger partial charge < -0.3 is 10.2 Å². The summed E-state index contributed by atoms with van der Waals surface area (Å²) >= 11 is 0. The summed E-state index contributed by atoms with van der Waals surface area (Å²) in [5.41, 5.74) is 0. The Kier molecular flexibility index (Phi) is 4.62. The highest BCUT2D eigenvalue weighted by molar-refractivity contribution is 5.74. The third kappa shape index (κ3) is 3.57. The molecule has 1 unspecified atom stereocenters. The van der Waals surface area contributed by atoms with Crippen LogP contribution in [0.5, 0.6) is 0 Å². The Hall–Kier alpha value is -0.810. The Labute approximate surface area is 103 Å². The molecule has 98 valence electrons. The smallest absolute Gasteiger partial charge is 0.317 e. The molecule has 1 aliphatic carbocycles. The molecule has 1 saturated heterocycles. The molecule has 5 nitrogen and oxygen atoms in total. The van der Waals surface area contributed by atoms with E-state index >= 15 is 0 Å². The molecule has 0 radical (unpaired) electrons. The van der Waals surface area contributed by atoms with Crippen LogP contribution in [-0.4, -0.2) is 36.2 Å². The molecule has 1 saturated carbocycles. The number of hydrogen-bond acceptors (Lipinski definition) is 3. The second-order valence-electron chi connectivity index (χ2n) is 5.13. The van der Waals surface area contributed by atoms with Crippen LogP contribution >= 0.6 is 0 Å². The molecule has 3 N–H and O–H groups in total. The topological polar surface area (TPSA) is 67.6 Å². The Morgan fingerprint density at radius 3 is 2.65 bits per heavy atom. The Bertz CT molecular complexity index is 254. The number of urea groups is 1. The van der Waals surface area contributed by atoms with Crippen LogP contribution in [0, 0.1) is 0 Å². The second kappa shape index (κ2) is 6.21. The first-order valence-corrected chi connectivity index (χ1v) is 6.70. The molecular formula is C12H23N3O2. The van der Waals surface area contributed by atoms with Crippen LogP contribution in [0.2, 0.25) is 0 Å². The zero-order valence-electron chi connectivity index (χ0n) is 10.4. The second-order valence-corrected chi connectivity index (χ2v) is 5.13. The minimum absolute atomic E-state index is 0.000792. The molecule has 5 heteroatoms. The van der Waals surface area contributed by atoms with E-state index in [-0.39, 0.29) is 12.1 Å². The average Bonchev–Trinajstić information content (AvgIpc) is 2.40. The van der Waals surface area contributed by atoms with Crippen LogP contribution in [0.3, 0.4) is 0 Å². The number of hydrogen-bond donors (Lipinski definition) is 2. The predicted octanol–water partition coefficient (Wildman–Crippen LogP) is 1.38. The Morgan fingerprint density at radius 2 is 1.94 bits per heavy atom.